The first-order valence-corrected chi connectivity index (χ1v) is 15.4. The van der Waals surface area contributed by atoms with Crippen molar-refractivity contribution < 1.29 is 19.1 Å². The van der Waals surface area contributed by atoms with Gasteiger partial charge in [-0.25, -0.2) is 9.37 Å². The molecule has 0 radical (unpaired) electrons. The molecular formula is C32H36FN9O3. The molecule has 4 aliphatic heterocycles. The predicted octanol–water partition coefficient (Wildman–Crippen LogP) is 4.41. The Morgan fingerprint density at radius 2 is 1.89 bits per heavy atom. The van der Waals surface area contributed by atoms with Crippen LogP contribution in [-0.2, 0) is 9.63 Å². The summed E-state index contributed by atoms with van der Waals surface area (Å²) in [4.78, 5) is 30.8. The van der Waals surface area contributed by atoms with E-state index in [1.165, 1.54) is 16.4 Å². The molecule has 0 spiro atoms. The van der Waals surface area contributed by atoms with Gasteiger partial charge in [-0.2, -0.15) is 14.7 Å². The molecule has 2 aromatic heterocycles. The van der Waals surface area contributed by atoms with Gasteiger partial charge in [0, 0.05) is 49.9 Å². The Bertz CT molecular complexity index is 1710. The number of hydrogen-bond donors (Lipinski definition) is 3. The Hall–Kier alpha value is -4.75. The lowest BCUT2D eigenvalue weighted by Gasteiger charge is -2.42. The third-order valence-electron chi connectivity index (χ3n) is 8.82. The number of rotatable bonds is 9. The highest BCUT2D eigenvalue weighted by Crippen LogP contribution is 2.46. The van der Waals surface area contributed by atoms with E-state index >= 15 is 4.39 Å². The molecule has 0 saturated carbocycles. The quantitative estimate of drug-likeness (QED) is 0.248. The van der Waals surface area contributed by atoms with Crippen LogP contribution in [0.1, 0.15) is 37.8 Å². The molecule has 1 unspecified atom stereocenters. The van der Waals surface area contributed by atoms with E-state index in [0.29, 0.717) is 49.4 Å². The number of hydroxylamine groups is 2. The third kappa shape index (κ3) is 5.64. The molecular weight excluding hydrogens is 577 g/mol. The minimum atomic E-state index is -0.949. The Morgan fingerprint density at radius 3 is 2.62 bits per heavy atom. The molecule has 8 rings (SSSR count). The maximum absolute atomic E-state index is 15.5. The molecule has 2 bridgehead atoms. The van der Waals surface area contributed by atoms with Gasteiger partial charge in [0.2, 0.25) is 11.9 Å². The average Bonchev–Trinajstić information content (AvgIpc) is 3.41. The van der Waals surface area contributed by atoms with Crippen molar-refractivity contribution in [1.82, 2.24) is 24.8 Å². The van der Waals surface area contributed by atoms with Crippen LogP contribution in [0, 0.1) is 5.82 Å². The van der Waals surface area contributed by atoms with Gasteiger partial charge in [0.1, 0.15) is 5.82 Å². The molecule has 1 atom stereocenters. The van der Waals surface area contributed by atoms with E-state index in [1.54, 1.807) is 22.1 Å². The molecule has 2 aromatic carbocycles. The van der Waals surface area contributed by atoms with Crippen molar-refractivity contribution >= 4 is 34.9 Å². The van der Waals surface area contributed by atoms with Crippen LogP contribution in [0.4, 0.5) is 33.3 Å². The van der Waals surface area contributed by atoms with E-state index in [4.69, 9.17) is 15.6 Å². The second-order valence-corrected chi connectivity index (χ2v) is 11.6. The number of fused-ring (bicyclic) bond motifs is 2. The molecule has 4 aromatic rings. The van der Waals surface area contributed by atoms with Gasteiger partial charge >= 0.3 is 5.97 Å². The Kier molecular flexibility index (Phi) is 7.71. The van der Waals surface area contributed by atoms with Crippen LogP contribution in [0.3, 0.4) is 0 Å². The summed E-state index contributed by atoms with van der Waals surface area (Å²) in [7, 11) is 0. The second kappa shape index (κ2) is 12.0. The maximum Gasteiger partial charge on any atom is 0.305 e. The number of benzene rings is 2. The van der Waals surface area contributed by atoms with Crippen LogP contribution in [0.25, 0.3) is 16.9 Å². The first-order chi connectivity index (χ1) is 21.9. The lowest BCUT2D eigenvalue weighted by atomic mass is 9.84. The lowest BCUT2D eigenvalue weighted by molar-refractivity contribution is -0.165. The van der Waals surface area contributed by atoms with E-state index < -0.39 is 17.8 Å². The van der Waals surface area contributed by atoms with Gasteiger partial charge in [-0.05, 0) is 49.6 Å². The van der Waals surface area contributed by atoms with Gasteiger partial charge in [-0.15, -0.1) is 5.10 Å². The minimum Gasteiger partial charge on any atom is -0.481 e. The van der Waals surface area contributed by atoms with E-state index in [0.717, 1.165) is 42.8 Å². The number of carboxylic acid groups (broad SMARTS) is 1. The highest BCUT2D eigenvalue weighted by molar-refractivity contribution is 5.83. The zero-order valence-electron chi connectivity index (χ0n) is 25.1. The van der Waals surface area contributed by atoms with Crippen molar-refractivity contribution in [1.29, 1.82) is 0 Å². The Balaban J connectivity index is 1.15. The molecule has 4 N–H and O–H groups in total. The largest absolute Gasteiger partial charge is 0.481 e. The summed E-state index contributed by atoms with van der Waals surface area (Å²) in [5.41, 5.74) is 11.6. The van der Waals surface area contributed by atoms with Crippen molar-refractivity contribution in [2.45, 2.75) is 38.1 Å². The van der Waals surface area contributed by atoms with Gasteiger partial charge in [0.25, 0.3) is 0 Å². The molecule has 13 heteroatoms. The number of halogens is 1. The second-order valence-electron chi connectivity index (χ2n) is 11.6. The molecule has 0 aliphatic carbocycles. The number of carboxylic acids is 1. The molecule has 2 fully saturated rings. The summed E-state index contributed by atoms with van der Waals surface area (Å²) in [6.45, 7) is 5.74. The van der Waals surface area contributed by atoms with Crippen LogP contribution < -0.4 is 20.9 Å². The van der Waals surface area contributed by atoms with E-state index in [9.17, 15) is 9.90 Å². The molecule has 45 heavy (non-hydrogen) atoms. The molecule has 6 heterocycles. The van der Waals surface area contributed by atoms with Gasteiger partial charge < -0.3 is 26.0 Å². The van der Waals surface area contributed by atoms with Gasteiger partial charge in [0.05, 0.1) is 36.1 Å². The Morgan fingerprint density at radius 1 is 1.09 bits per heavy atom. The fourth-order valence-corrected chi connectivity index (χ4v) is 6.80. The Labute approximate surface area is 260 Å². The highest BCUT2D eigenvalue weighted by Gasteiger charge is 2.35. The summed E-state index contributed by atoms with van der Waals surface area (Å²) in [5.74, 6) is -0.104. The number of carbonyl (C=O) groups is 1. The smallest absolute Gasteiger partial charge is 0.305 e. The predicted molar refractivity (Wildman–Crippen MR) is 169 cm³/mol. The SMILES string of the molecule is CCON1CCN(c2ccc(Nc3nc(N)n(-c4cc(-c5ccccc5)c5c(n4)C4CCN5CC4)n3)cc2F)C(CC(=O)O)C1. The lowest BCUT2D eigenvalue weighted by Crippen LogP contribution is -2.54. The van der Waals surface area contributed by atoms with Crippen molar-refractivity contribution in [3.05, 3.63) is 66.1 Å². The van der Waals surface area contributed by atoms with Crippen LogP contribution in [0.5, 0.6) is 0 Å². The number of nitrogens with zero attached hydrogens (tertiary/aromatic N) is 7. The number of nitrogens with one attached hydrogen (secondary N) is 1. The highest BCUT2D eigenvalue weighted by atomic mass is 19.1. The fourth-order valence-electron chi connectivity index (χ4n) is 6.80. The number of hydrogen-bond acceptors (Lipinski definition) is 10. The normalized spacial score (nSPS) is 18.3. The van der Waals surface area contributed by atoms with E-state index in [-0.39, 0.29) is 18.3 Å². The summed E-state index contributed by atoms with van der Waals surface area (Å²) in [6, 6.07) is 16.6. The first kappa shape index (κ1) is 29.0. The summed E-state index contributed by atoms with van der Waals surface area (Å²) in [5, 5.41) is 18.9. The summed E-state index contributed by atoms with van der Waals surface area (Å²) < 4.78 is 17.0. The van der Waals surface area contributed by atoms with Crippen molar-refractivity contribution in [2.24, 2.45) is 0 Å². The average molecular weight is 614 g/mol. The van der Waals surface area contributed by atoms with E-state index in [1.807, 2.05) is 31.2 Å². The van der Waals surface area contributed by atoms with E-state index in [2.05, 4.69) is 32.4 Å². The zero-order chi connectivity index (χ0) is 31.1. The number of nitrogens with two attached hydrogens (primary N) is 1. The van der Waals surface area contributed by atoms with Crippen molar-refractivity contribution in [2.75, 3.05) is 60.2 Å². The zero-order valence-corrected chi connectivity index (χ0v) is 25.1. The van der Waals surface area contributed by atoms with Crippen LogP contribution in [0.15, 0.2) is 54.6 Å². The number of aliphatic carboxylic acids is 1. The first-order valence-electron chi connectivity index (χ1n) is 15.4. The maximum atomic E-state index is 15.5. The van der Waals surface area contributed by atoms with Crippen LogP contribution >= 0.6 is 0 Å². The van der Waals surface area contributed by atoms with Crippen LogP contribution in [0.2, 0.25) is 0 Å². The number of anilines is 5. The fraction of sp³-hybridized carbons (Fsp3) is 0.375. The molecule has 12 nitrogen and oxygen atoms in total. The number of pyridine rings is 1. The number of aromatic nitrogens is 4. The molecule has 4 aliphatic rings. The minimum absolute atomic E-state index is 0.134. The summed E-state index contributed by atoms with van der Waals surface area (Å²) in [6.07, 6.45) is 2.00. The third-order valence-corrected chi connectivity index (χ3v) is 8.82. The van der Waals surface area contributed by atoms with Crippen LogP contribution in [-0.4, -0.2) is 81.3 Å². The molecule has 234 valence electrons. The number of piperazine rings is 1. The standard InChI is InChI=1S/C32H36FN9O3/c1-2-45-40-14-15-41(23(19-40)17-28(43)44)26-9-8-22(16-25(26)33)35-32-37-31(34)42(38-32)27-18-24(20-6-4-3-5-7-20)30-29(36-27)21-10-12-39(30)13-11-21/h3-9,16,18,21,23H,2,10-15,17,19H2,1H3,(H,43,44)(H3,34,35,37,38). The topological polar surface area (TPSA) is 138 Å². The van der Waals surface area contributed by atoms with Crippen molar-refractivity contribution in [3.8, 4) is 16.9 Å². The van der Waals surface area contributed by atoms with Crippen molar-refractivity contribution in [3.63, 3.8) is 0 Å². The number of piperidine rings is 1. The van der Waals surface area contributed by atoms with Gasteiger partial charge in [0.15, 0.2) is 5.82 Å². The van der Waals surface area contributed by atoms with Gasteiger partial charge in [-0.1, -0.05) is 30.3 Å². The molecule has 2 saturated heterocycles. The monoisotopic (exact) mass is 613 g/mol. The van der Waals surface area contributed by atoms with Gasteiger partial charge in [-0.3, -0.25) is 9.63 Å². The summed E-state index contributed by atoms with van der Waals surface area (Å²) >= 11 is 0. The molecule has 0 amide bonds. The number of nitrogen functional groups attached to an aromatic ring is 1.